The van der Waals surface area contributed by atoms with Crippen molar-refractivity contribution in [1.82, 2.24) is 4.90 Å². The van der Waals surface area contributed by atoms with Gasteiger partial charge in [-0.05, 0) is 63.7 Å². The summed E-state index contributed by atoms with van der Waals surface area (Å²) in [5.41, 5.74) is 2.66. The molecule has 0 N–H and O–H groups in total. The number of benzene rings is 1. The van der Waals surface area contributed by atoms with Crippen LogP contribution in [0.15, 0.2) is 24.3 Å². The van der Waals surface area contributed by atoms with Gasteiger partial charge in [-0.2, -0.15) is 0 Å². The highest BCUT2D eigenvalue weighted by Gasteiger charge is 2.39. The number of likely N-dealkylation sites (N-methyl/N-ethyl adjacent to an activating group) is 1. The maximum atomic E-state index is 6.99. The third-order valence-electron chi connectivity index (χ3n) is 7.53. The van der Waals surface area contributed by atoms with E-state index in [0.717, 1.165) is 30.9 Å². The lowest BCUT2D eigenvalue weighted by molar-refractivity contribution is 0.154. The van der Waals surface area contributed by atoms with Crippen molar-refractivity contribution in [2.24, 2.45) is 0 Å². The quantitative estimate of drug-likeness (QED) is 0.138. The lowest BCUT2D eigenvalue weighted by Crippen LogP contribution is -2.44. The molecule has 0 aliphatic carbocycles. The topological polar surface area (TPSA) is 12.5 Å². The van der Waals surface area contributed by atoms with E-state index in [1.165, 1.54) is 49.7 Å². The molecule has 190 valence electrons. The first-order valence-corrected chi connectivity index (χ1v) is 16.8. The van der Waals surface area contributed by atoms with Crippen LogP contribution in [0.5, 0.6) is 0 Å². The second-order valence-corrected chi connectivity index (χ2v) is 16.4. The van der Waals surface area contributed by atoms with Gasteiger partial charge < -0.3 is 9.33 Å². The molecule has 33 heavy (non-hydrogen) atoms. The summed E-state index contributed by atoms with van der Waals surface area (Å²) in [5, 5.41) is 0.236. The van der Waals surface area contributed by atoms with Crippen molar-refractivity contribution in [1.29, 1.82) is 0 Å². The molecule has 0 heterocycles. The Kier molecular flexibility index (Phi) is 13.4. The molecule has 0 bridgehead atoms. The second kappa shape index (κ2) is 14.6. The summed E-state index contributed by atoms with van der Waals surface area (Å²) in [6, 6.07) is 9.02. The van der Waals surface area contributed by atoms with Crippen molar-refractivity contribution in [2.45, 2.75) is 130 Å². The predicted octanol–water partition coefficient (Wildman–Crippen LogP) is 9.28. The van der Waals surface area contributed by atoms with Crippen LogP contribution in [-0.4, -0.2) is 37.4 Å². The highest BCUT2D eigenvalue weighted by molar-refractivity contribution is 7.80. The maximum Gasteiger partial charge on any atom is 0.192 e. The van der Waals surface area contributed by atoms with E-state index in [1.54, 1.807) is 0 Å². The minimum Gasteiger partial charge on any atom is -0.414 e. The lowest BCUT2D eigenvalue weighted by Gasteiger charge is -2.40. The van der Waals surface area contributed by atoms with Crippen molar-refractivity contribution in [2.75, 3.05) is 13.1 Å². The zero-order valence-electron chi connectivity index (χ0n) is 23.3. The fraction of sp³-hybridized carbons (Fsp3) is 0.759. The van der Waals surface area contributed by atoms with Gasteiger partial charge in [0.2, 0.25) is 0 Å². The Morgan fingerprint density at radius 3 is 2.00 bits per heavy atom. The molecule has 0 radical (unpaired) electrons. The molecular weight excluding hydrogens is 438 g/mol. The number of unbranched alkanes of at least 4 members (excludes halogenated alkanes) is 4. The average Bonchev–Trinajstić information content (AvgIpc) is 2.74. The Labute approximate surface area is 213 Å². The van der Waals surface area contributed by atoms with Gasteiger partial charge >= 0.3 is 0 Å². The van der Waals surface area contributed by atoms with E-state index >= 15 is 0 Å². The predicted molar refractivity (Wildman–Crippen MR) is 154 cm³/mol. The standard InChI is InChI=1S/C29H53NOSSi/c1-10-13-14-15-16-17-26(31-33(8,9)29(5,6)7)22-23-27(28(32)30(11-2)12-3)25-20-18-24(4)19-21-25/h18-21,26-27H,10-17,22-23H2,1-9H3. The fourth-order valence-corrected chi connectivity index (χ4v) is 6.11. The van der Waals surface area contributed by atoms with Gasteiger partial charge in [0.25, 0.3) is 0 Å². The van der Waals surface area contributed by atoms with E-state index in [9.17, 15) is 0 Å². The van der Waals surface area contributed by atoms with Crippen LogP contribution in [-0.2, 0) is 4.43 Å². The van der Waals surface area contributed by atoms with Crippen LogP contribution in [0.4, 0.5) is 0 Å². The summed E-state index contributed by atoms with van der Waals surface area (Å²) < 4.78 is 6.99. The average molecular weight is 492 g/mol. The number of thiocarbonyl (C=S) groups is 1. The minimum atomic E-state index is -1.81. The number of aryl methyl sites for hydroxylation is 1. The Morgan fingerprint density at radius 1 is 0.909 bits per heavy atom. The van der Waals surface area contributed by atoms with Crippen LogP contribution < -0.4 is 0 Å². The van der Waals surface area contributed by atoms with E-state index < -0.39 is 8.32 Å². The third kappa shape index (κ3) is 10.2. The van der Waals surface area contributed by atoms with E-state index in [2.05, 4.69) is 90.7 Å². The summed E-state index contributed by atoms with van der Waals surface area (Å²) in [5.74, 6) is 0.283. The molecule has 2 unspecified atom stereocenters. The van der Waals surface area contributed by atoms with Crippen molar-refractivity contribution in [3.05, 3.63) is 35.4 Å². The van der Waals surface area contributed by atoms with Crippen LogP contribution in [0, 0.1) is 6.92 Å². The summed E-state index contributed by atoms with van der Waals surface area (Å²) in [4.78, 5) is 3.45. The van der Waals surface area contributed by atoms with Crippen molar-refractivity contribution in [3.8, 4) is 0 Å². The SMILES string of the molecule is CCCCCCCC(CCC(C(=S)N(CC)CC)c1ccc(C)cc1)O[Si](C)(C)C(C)(C)C. The van der Waals surface area contributed by atoms with E-state index in [0.29, 0.717) is 6.10 Å². The molecule has 0 aromatic heterocycles. The van der Waals surface area contributed by atoms with Gasteiger partial charge in [0.15, 0.2) is 8.32 Å². The molecular formula is C29H53NOSSi. The number of nitrogens with zero attached hydrogens (tertiary/aromatic N) is 1. The molecule has 0 fully saturated rings. The molecule has 4 heteroatoms. The minimum absolute atomic E-state index is 0.236. The zero-order chi connectivity index (χ0) is 25.1. The van der Waals surface area contributed by atoms with Crippen LogP contribution in [0.1, 0.15) is 110 Å². The molecule has 0 spiro atoms. The molecule has 1 rings (SSSR count). The van der Waals surface area contributed by atoms with Gasteiger partial charge in [-0.1, -0.05) is 102 Å². The van der Waals surface area contributed by atoms with Crippen LogP contribution in [0.2, 0.25) is 18.1 Å². The molecule has 2 atom stereocenters. The first-order valence-electron chi connectivity index (χ1n) is 13.5. The molecule has 2 nitrogen and oxygen atoms in total. The first kappa shape index (κ1) is 30.3. The molecule has 0 aliphatic rings. The largest absolute Gasteiger partial charge is 0.414 e. The monoisotopic (exact) mass is 491 g/mol. The molecule has 0 saturated carbocycles. The smallest absolute Gasteiger partial charge is 0.192 e. The van der Waals surface area contributed by atoms with Crippen LogP contribution >= 0.6 is 12.2 Å². The fourth-order valence-electron chi connectivity index (χ4n) is 4.17. The normalized spacial score (nSPS) is 14.2. The molecule has 1 aromatic rings. The van der Waals surface area contributed by atoms with Gasteiger partial charge in [0, 0.05) is 25.1 Å². The second-order valence-electron chi connectivity index (χ2n) is 11.3. The Hall–Kier alpha value is -0.713. The number of rotatable bonds is 15. The van der Waals surface area contributed by atoms with E-state index in [4.69, 9.17) is 16.6 Å². The number of hydrogen-bond donors (Lipinski definition) is 0. The molecule has 1 aromatic carbocycles. The van der Waals surface area contributed by atoms with Crippen molar-refractivity contribution in [3.63, 3.8) is 0 Å². The summed E-state index contributed by atoms with van der Waals surface area (Å²) in [7, 11) is -1.81. The van der Waals surface area contributed by atoms with Gasteiger partial charge in [-0.3, -0.25) is 0 Å². The third-order valence-corrected chi connectivity index (χ3v) is 12.6. The lowest BCUT2D eigenvalue weighted by atomic mass is 9.90. The molecule has 0 aliphatic heterocycles. The Balaban J connectivity index is 3.03. The van der Waals surface area contributed by atoms with Gasteiger partial charge in [-0.15, -0.1) is 0 Å². The summed E-state index contributed by atoms with van der Waals surface area (Å²) >= 11 is 6.06. The van der Waals surface area contributed by atoms with Gasteiger partial charge in [0.05, 0.1) is 4.99 Å². The summed E-state index contributed by atoms with van der Waals surface area (Å²) in [6.07, 6.45) is 10.2. The zero-order valence-corrected chi connectivity index (χ0v) is 25.1. The summed E-state index contributed by atoms with van der Waals surface area (Å²) in [6.45, 7) is 22.6. The Bertz CT molecular complexity index is 676. The Morgan fingerprint density at radius 2 is 1.48 bits per heavy atom. The van der Waals surface area contributed by atoms with E-state index in [-0.39, 0.29) is 11.0 Å². The number of hydrogen-bond acceptors (Lipinski definition) is 2. The highest BCUT2D eigenvalue weighted by atomic mass is 32.1. The maximum absolute atomic E-state index is 6.99. The van der Waals surface area contributed by atoms with E-state index in [1.807, 2.05) is 0 Å². The van der Waals surface area contributed by atoms with Gasteiger partial charge in [0.1, 0.15) is 0 Å². The first-order chi connectivity index (χ1) is 15.5. The van der Waals surface area contributed by atoms with Crippen molar-refractivity contribution < 1.29 is 4.43 Å². The van der Waals surface area contributed by atoms with Gasteiger partial charge in [-0.25, -0.2) is 0 Å². The highest BCUT2D eigenvalue weighted by Crippen LogP contribution is 2.39. The molecule has 0 amide bonds. The molecule has 0 saturated heterocycles. The van der Waals surface area contributed by atoms with Crippen LogP contribution in [0.3, 0.4) is 0 Å². The van der Waals surface area contributed by atoms with Crippen LogP contribution in [0.25, 0.3) is 0 Å². The van der Waals surface area contributed by atoms with Crippen molar-refractivity contribution >= 4 is 25.5 Å².